The molecular weight excluding hydrogens is 227 g/mol. The van der Waals surface area contributed by atoms with Gasteiger partial charge in [0.05, 0.1) is 6.61 Å². The number of halogens is 1. The van der Waals surface area contributed by atoms with E-state index in [4.69, 9.17) is 4.74 Å². The Hall–Kier alpha value is -1.05. The molecule has 1 aromatic carbocycles. The van der Waals surface area contributed by atoms with E-state index in [1.807, 2.05) is 6.07 Å². The minimum Gasteiger partial charge on any atom is -0.490 e. The Morgan fingerprint density at radius 1 is 1.28 bits per heavy atom. The molecule has 0 N–H and O–H groups in total. The molecule has 2 aliphatic carbocycles. The van der Waals surface area contributed by atoms with Crippen LogP contribution in [0.2, 0.25) is 0 Å². The van der Waals surface area contributed by atoms with Crippen molar-refractivity contribution in [3.05, 3.63) is 29.1 Å². The van der Waals surface area contributed by atoms with Gasteiger partial charge in [0.2, 0.25) is 0 Å². The lowest BCUT2D eigenvalue weighted by Crippen LogP contribution is -2.11. The molecule has 1 nitrogen and oxygen atoms in total. The summed E-state index contributed by atoms with van der Waals surface area (Å²) in [5.74, 6) is 1.74. The van der Waals surface area contributed by atoms with Gasteiger partial charge in [-0.25, -0.2) is 4.39 Å². The highest BCUT2D eigenvalue weighted by atomic mass is 19.1. The van der Waals surface area contributed by atoms with Gasteiger partial charge in [0.15, 0.2) is 11.6 Å². The van der Waals surface area contributed by atoms with Crippen LogP contribution in [-0.4, -0.2) is 6.61 Å². The van der Waals surface area contributed by atoms with Gasteiger partial charge in [-0.3, -0.25) is 0 Å². The molecule has 98 valence electrons. The van der Waals surface area contributed by atoms with E-state index in [9.17, 15) is 4.39 Å². The molecule has 0 heterocycles. The molecule has 1 atom stereocenters. The first-order valence-corrected chi connectivity index (χ1v) is 7.20. The summed E-state index contributed by atoms with van der Waals surface area (Å²) in [7, 11) is 0. The van der Waals surface area contributed by atoms with Crippen LogP contribution in [0.25, 0.3) is 0 Å². The average molecular weight is 248 g/mol. The van der Waals surface area contributed by atoms with Crippen LogP contribution in [0.15, 0.2) is 12.1 Å². The highest BCUT2D eigenvalue weighted by molar-refractivity contribution is 5.44. The number of benzene rings is 1. The van der Waals surface area contributed by atoms with Crippen LogP contribution in [0.3, 0.4) is 0 Å². The molecule has 0 aliphatic heterocycles. The summed E-state index contributed by atoms with van der Waals surface area (Å²) in [6.07, 6.45) is 7.07. The Morgan fingerprint density at radius 3 is 2.89 bits per heavy atom. The summed E-state index contributed by atoms with van der Waals surface area (Å²) in [6.45, 7) is 2.90. The van der Waals surface area contributed by atoms with Gasteiger partial charge in [-0.2, -0.15) is 0 Å². The van der Waals surface area contributed by atoms with Gasteiger partial charge < -0.3 is 4.74 Å². The molecule has 0 radical (unpaired) electrons. The molecule has 0 saturated heterocycles. The lowest BCUT2D eigenvalue weighted by molar-refractivity contribution is 0.283. The van der Waals surface area contributed by atoms with Crippen molar-refractivity contribution in [3.8, 4) is 5.75 Å². The van der Waals surface area contributed by atoms with E-state index >= 15 is 0 Å². The van der Waals surface area contributed by atoms with E-state index in [-0.39, 0.29) is 5.82 Å². The molecule has 1 fully saturated rings. The van der Waals surface area contributed by atoms with Gasteiger partial charge in [-0.05, 0) is 49.1 Å². The minimum atomic E-state index is -0.182. The summed E-state index contributed by atoms with van der Waals surface area (Å²) in [5, 5.41) is 0. The van der Waals surface area contributed by atoms with E-state index in [0.717, 1.165) is 30.7 Å². The third kappa shape index (κ3) is 2.38. The smallest absolute Gasteiger partial charge is 0.165 e. The van der Waals surface area contributed by atoms with Crippen molar-refractivity contribution in [2.45, 2.75) is 51.4 Å². The van der Waals surface area contributed by atoms with Gasteiger partial charge in [-0.15, -0.1) is 0 Å². The van der Waals surface area contributed by atoms with E-state index in [1.165, 1.54) is 24.8 Å². The summed E-state index contributed by atoms with van der Waals surface area (Å²) >= 11 is 0. The van der Waals surface area contributed by atoms with Crippen LogP contribution >= 0.6 is 0 Å². The van der Waals surface area contributed by atoms with E-state index in [2.05, 4.69) is 6.92 Å². The summed E-state index contributed by atoms with van der Waals surface area (Å²) in [5.41, 5.74) is 2.42. The Balaban J connectivity index is 1.79. The molecule has 0 bridgehead atoms. The topological polar surface area (TPSA) is 9.23 Å². The molecule has 2 heteroatoms. The van der Waals surface area contributed by atoms with Crippen molar-refractivity contribution in [2.24, 2.45) is 5.92 Å². The van der Waals surface area contributed by atoms with Crippen molar-refractivity contribution in [1.82, 2.24) is 0 Å². The zero-order valence-corrected chi connectivity index (χ0v) is 11.0. The Bertz CT molecular complexity index is 437. The second kappa shape index (κ2) is 4.91. The quantitative estimate of drug-likeness (QED) is 0.765. The molecule has 0 aromatic heterocycles. The van der Waals surface area contributed by atoms with Gasteiger partial charge in [-0.1, -0.05) is 25.8 Å². The van der Waals surface area contributed by atoms with Crippen LogP contribution in [0.4, 0.5) is 4.39 Å². The second-order valence-electron chi connectivity index (χ2n) is 5.82. The minimum absolute atomic E-state index is 0.182. The second-order valence-corrected chi connectivity index (χ2v) is 5.82. The van der Waals surface area contributed by atoms with Crippen LogP contribution in [-0.2, 0) is 6.42 Å². The Labute approximate surface area is 108 Å². The summed E-state index contributed by atoms with van der Waals surface area (Å²) in [6, 6.07) is 3.52. The predicted molar refractivity (Wildman–Crippen MR) is 70.6 cm³/mol. The third-order valence-corrected chi connectivity index (χ3v) is 4.31. The first-order valence-electron chi connectivity index (χ1n) is 7.20. The number of rotatable bonds is 4. The van der Waals surface area contributed by atoms with Crippen molar-refractivity contribution >= 4 is 0 Å². The maximum Gasteiger partial charge on any atom is 0.165 e. The molecule has 1 saturated carbocycles. The molecular formula is C16H21FO. The van der Waals surface area contributed by atoms with Gasteiger partial charge in [0.25, 0.3) is 0 Å². The monoisotopic (exact) mass is 248 g/mol. The fraction of sp³-hybridized carbons (Fsp3) is 0.625. The highest BCUT2D eigenvalue weighted by Crippen LogP contribution is 2.38. The Morgan fingerprint density at radius 2 is 2.11 bits per heavy atom. The van der Waals surface area contributed by atoms with Crippen LogP contribution < -0.4 is 4.74 Å². The number of hydrogen-bond donors (Lipinski definition) is 0. The fourth-order valence-corrected chi connectivity index (χ4v) is 2.96. The number of fused-ring (bicyclic) bond motifs is 1. The van der Waals surface area contributed by atoms with Gasteiger partial charge >= 0.3 is 0 Å². The summed E-state index contributed by atoms with van der Waals surface area (Å²) < 4.78 is 19.7. The van der Waals surface area contributed by atoms with Crippen molar-refractivity contribution in [1.29, 1.82) is 0 Å². The average Bonchev–Trinajstić information content (AvgIpc) is 3.16. The van der Waals surface area contributed by atoms with E-state index in [0.29, 0.717) is 18.3 Å². The zero-order valence-electron chi connectivity index (χ0n) is 11.0. The molecule has 0 unspecified atom stereocenters. The maximum absolute atomic E-state index is 13.9. The predicted octanol–water partition coefficient (Wildman–Crippen LogP) is 4.44. The van der Waals surface area contributed by atoms with Crippen LogP contribution in [0, 0.1) is 11.7 Å². The third-order valence-electron chi connectivity index (χ3n) is 4.31. The van der Waals surface area contributed by atoms with Crippen LogP contribution in [0.5, 0.6) is 5.75 Å². The Kier molecular flexibility index (Phi) is 3.27. The molecule has 2 aliphatic rings. The lowest BCUT2D eigenvalue weighted by Gasteiger charge is -2.25. The summed E-state index contributed by atoms with van der Waals surface area (Å²) in [4.78, 5) is 0. The molecule has 3 rings (SSSR count). The van der Waals surface area contributed by atoms with Crippen molar-refractivity contribution in [3.63, 3.8) is 0 Å². The van der Waals surface area contributed by atoms with Gasteiger partial charge in [0, 0.05) is 5.56 Å². The first-order chi connectivity index (χ1) is 8.75. The van der Waals surface area contributed by atoms with Crippen LogP contribution in [0.1, 0.15) is 56.1 Å². The number of hydrogen-bond acceptors (Lipinski definition) is 1. The molecule has 0 amide bonds. The lowest BCUT2D eigenvalue weighted by atomic mass is 9.83. The normalized spacial score (nSPS) is 22.7. The molecule has 18 heavy (non-hydrogen) atoms. The molecule has 0 spiro atoms. The van der Waals surface area contributed by atoms with E-state index in [1.54, 1.807) is 6.07 Å². The number of ether oxygens (including phenoxy) is 1. The van der Waals surface area contributed by atoms with Crippen molar-refractivity contribution < 1.29 is 9.13 Å². The fourth-order valence-electron chi connectivity index (χ4n) is 2.96. The van der Waals surface area contributed by atoms with Gasteiger partial charge in [0.1, 0.15) is 0 Å². The standard InChI is InChI=1S/C16H21FO/c1-11-3-2-4-14-13(11)7-8-15(17)16(14)18-10-9-12-5-6-12/h7-8,11-12H,2-6,9-10H2,1H3/t11-/m1/s1. The highest BCUT2D eigenvalue weighted by Gasteiger charge is 2.24. The first kappa shape index (κ1) is 12.0. The van der Waals surface area contributed by atoms with E-state index < -0.39 is 0 Å². The molecule has 1 aromatic rings. The largest absolute Gasteiger partial charge is 0.490 e. The SMILES string of the molecule is C[C@@H]1CCCc2c1ccc(F)c2OCCC1CC1. The maximum atomic E-state index is 13.9. The van der Waals surface area contributed by atoms with Crippen molar-refractivity contribution in [2.75, 3.05) is 6.61 Å². The zero-order chi connectivity index (χ0) is 12.5.